The standard InChI is InChI=1S/C21H22O7/c1-6-11(2)20(24)27-18-16-14(28-21(4,5)19(18)25-12(3)22)9-7-13-8-10-15(23)26-17(13)16/h6-10,18-19H,1-5H3/b11-6-/t18-,19?/m1/s1. The van der Waals surface area contributed by atoms with Gasteiger partial charge in [0, 0.05) is 23.9 Å². The van der Waals surface area contributed by atoms with Gasteiger partial charge in [0.05, 0.1) is 5.56 Å². The fourth-order valence-electron chi connectivity index (χ4n) is 3.18. The Morgan fingerprint density at radius 3 is 2.43 bits per heavy atom. The SMILES string of the molecule is C/C=C(/C)C(=O)O[C@@H]1c2c(ccc3ccc(=O)oc23)OC(C)(C)C1OC(C)=O. The predicted octanol–water partition coefficient (Wildman–Crippen LogP) is 3.45. The van der Waals surface area contributed by atoms with Crippen LogP contribution in [0.5, 0.6) is 5.75 Å². The van der Waals surface area contributed by atoms with Gasteiger partial charge in [0.25, 0.3) is 0 Å². The molecule has 2 heterocycles. The van der Waals surface area contributed by atoms with Gasteiger partial charge >= 0.3 is 17.6 Å². The van der Waals surface area contributed by atoms with Gasteiger partial charge in [0.15, 0.2) is 12.2 Å². The van der Waals surface area contributed by atoms with Crippen LogP contribution >= 0.6 is 0 Å². The minimum Gasteiger partial charge on any atom is -0.483 e. The average molecular weight is 386 g/mol. The molecule has 1 aromatic carbocycles. The van der Waals surface area contributed by atoms with E-state index in [-0.39, 0.29) is 5.58 Å². The van der Waals surface area contributed by atoms with Crippen molar-refractivity contribution in [1.82, 2.24) is 0 Å². The summed E-state index contributed by atoms with van der Waals surface area (Å²) in [4.78, 5) is 36.1. The summed E-state index contributed by atoms with van der Waals surface area (Å²) in [7, 11) is 0. The maximum atomic E-state index is 12.5. The van der Waals surface area contributed by atoms with E-state index in [2.05, 4.69) is 0 Å². The summed E-state index contributed by atoms with van der Waals surface area (Å²) in [6.07, 6.45) is -0.334. The summed E-state index contributed by atoms with van der Waals surface area (Å²) in [5.74, 6) is -0.717. The maximum Gasteiger partial charge on any atom is 0.336 e. The van der Waals surface area contributed by atoms with Crippen molar-refractivity contribution in [3.8, 4) is 5.75 Å². The Kier molecular flexibility index (Phi) is 5.02. The second kappa shape index (κ2) is 7.14. The van der Waals surface area contributed by atoms with E-state index in [0.29, 0.717) is 22.3 Å². The summed E-state index contributed by atoms with van der Waals surface area (Å²) in [6, 6.07) is 6.37. The van der Waals surface area contributed by atoms with Crippen LogP contribution in [-0.2, 0) is 19.1 Å². The van der Waals surface area contributed by atoms with Crippen molar-refractivity contribution in [2.45, 2.75) is 52.4 Å². The fourth-order valence-corrected chi connectivity index (χ4v) is 3.18. The first-order valence-corrected chi connectivity index (χ1v) is 8.91. The summed E-state index contributed by atoms with van der Waals surface area (Å²) in [6.45, 7) is 8.08. The Hall–Kier alpha value is -3.09. The highest BCUT2D eigenvalue weighted by molar-refractivity contribution is 5.89. The van der Waals surface area contributed by atoms with E-state index in [1.165, 1.54) is 13.0 Å². The number of esters is 2. The van der Waals surface area contributed by atoms with Gasteiger partial charge in [-0.2, -0.15) is 0 Å². The molecule has 7 nitrogen and oxygen atoms in total. The molecular formula is C21H22O7. The summed E-state index contributed by atoms with van der Waals surface area (Å²) < 4.78 is 22.7. The molecule has 1 aliphatic rings. The van der Waals surface area contributed by atoms with Crippen LogP contribution in [0.4, 0.5) is 0 Å². The summed E-state index contributed by atoms with van der Waals surface area (Å²) in [5.41, 5.74) is -0.555. The molecule has 7 heteroatoms. The van der Waals surface area contributed by atoms with Crippen molar-refractivity contribution < 1.29 is 28.2 Å². The number of hydrogen-bond acceptors (Lipinski definition) is 7. The first-order chi connectivity index (χ1) is 13.1. The molecule has 0 saturated carbocycles. The lowest BCUT2D eigenvalue weighted by Gasteiger charge is -2.43. The number of ether oxygens (including phenoxy) is 3. The van der Waals surface area contributed by atoms with Crippen LogP contribution in [0.15, 0.2) is 45.1 Å². The topological polar surface area (TPSA) is 92.0 Å². The maximum absolute atomic E-state index is 12.5. The Morgan fingerprint density at radius 2 is 1.79 bits per heavy atom. The lowest BCUT2D eigenvalue weighted by atomic mass is 9.87. The Bertz CT molecular complexity index is 1030. The van der Waals surface area contributed by atoms with E-state index >= 15 is 0 Å². The van der Waals surface area contributed by atoms with Gasteiger partial charge in [0.1, 0.15) is 16.9 Å². The van der Waals surface area contributed by atoms with Crippen LogP contribution in [-0.4, -0.2) is 23.6 Å². The lowest BCUT2D eigenvalue weighted by molar-refractivity contribution is -0.186. The van der Waals surface area contributed by atoms with Crippen LogP contribution in [0.2, 0.25) is 0 Å². The van der Waals surface area contributed by atoms with Gasteiger partial charge in [-0.15, -0.1) is 0 Å². The second-order valence-corrected chi connectivity index (χ2v) is 7.18. The molecule has 1 unspecified atom stereocenters. The van der Waals surface area contributed by atoms with E-state index in [9.17, 15) is 14.4 Å². The van der Waals surface area contributed by atoms with Crippen LogP contribution in [0.3, 0.4) is 0 Å². The van der Waals surface area contributed by atoms with Crippen molar-refractivity contribution in [2.75, 3.05) is 0 Å². The molecule has 1 aliphatic heterocycles. The van der Waals surface area contributed by atoms with Crippen molar-refractivity contribution >= 4 is 22.9 Å². The molecule has 2 aromatic rings. The molecule has 0 bridgehead atoms. The summed E-state index contributed by atoms with van der Waals surface area (Å²) in [5, 5.41) is 0.632. The molecule has 0 N–H and O–H groups in total. The molecule has 0 aliphatic carbocycles. The van der Waals surface area contributed by atoms with Gasteiger partial charge in [0.2, 0.25) is 0 Å². The van der Waals surface area contributed by atoms with Crippen LogP contribution in [0.25, 0.3) is 11.0 Å². The summed E-state index contributed by atoms with van der Waals surface area (Å²) >= 11 is 0. The number of allylic oxidation sites excluding steroid dienone is 1. The number of benzene rings is 1. The molecule has 1 aromatic heterocycles. The third-order valence-corrected chi connectivity index (χ3v) is 4.69. The molecule has 0 fully saturated rings. The van der Waals surface area contributed by atoms with Crippen molar-refractivity contribution in [1.29, 1.82) is 0 Å². The first kappa shape index (κ1) is 19.7. The fraction of sp³-hybridized carbons (Fsp3) is 0.381. The molecule has 0 radical (unpaired) electrons. The molecule has 2 atom stereocenters. The number of carbonyl (C=O) groups is 2. The smallest absolute Gasteiger partial charge is 0.336 e. The molecule has 0 amide bonds. The Balaban J connectivity index is 2.25. The van der Waals surface area contributed by atoms with Crippen LogP contribution < -0.4 is 10.4 Å². The van der Waals surface area contributed by atoms with Crippen LogP contribution in [0.1, 0.15) is 46.3 Å². The lowest BCUT2D eigenvalue weighted by Crippen LogP contribution is -2.52. The van der Waals surface area contributed by atoms with Crippen molar-refractivity contribution in [2.24, 2.45) is 0 Å². The predicted molar refractivity (Wildman–Crippen MR) is 101 cm³/mol. The highest BCUT2D eigenvalue weighted by Crippen LogP contribution is 2.46. The van der Waals surface area contributed by atoms with Crippen molar-refractivity contribution in [3.63, 3.8) is 0 Å². The van der Waals surface area contributed by atoms with Gasteiger partial charge < -0.3 is 18.6 Å². The Morgan fingerprint density at radius 1 is 1.11 bits per heavy atom. The van der Waals surface area contributed by atoms with Gasteiger partial charge in [-0.1, -0.05) is 6.08 Å². The second-order valence-electron chi connectivity index (χ2n) is 7.18. The van der Waals surface area contributed by atoms with Gasteiger partial charge in [-0.05, 0) is 45.9 Å². The zero-order valence-electron chi connectivity index (χ0n) is 16.4. The third kappa shape index (κ3) is 3.52. The van der Waals surface area contributed by atoms with E-state index in [0.717, 1.165) is 0 Å². The monoisotopic (exact) mass is 386 g/mol. The molecule has 148 valence electrons. The van der Waals surface area contributed by atoms with E-state index < -0.39 is 35.4 Å². The largest absolute Gasteiger partial charge is 0.483 e. The average Bonchev–Trinajstić information content (AvgIpc) is 2.62. The number of carbonyl (C=O) groups excluding carboxylic acids is 2. The Labute approximate surface area is 161 Å². The highest BCUT2D eigenvalue weighted by atomic mass is 16.6. The normalized spacial score (nSPS) is 20.8. The molecule has 0 spiro atoms. The minimum atomic E-state index is -1.01. The van der Waals surface area contributed by atoms with Gasteiger partial charge in [-0.25, -0.2) is 9.59 Å². The van der Waals surface area contributed by atoms with E-state index in [1.807, 2.05) is 0 Å². The molecule has 28 heavy (non-hydrogen) atoms. The van der Waals surface area contributed by atoms with E-state index in [4.69, 9.17) is 18.6 Å². The zero-order valence-corrected chi connectivity index (χ0v) is 16.4. The molecule has 3 rings (SSSR count). The highest BCUT2D eigenvalue weighted by Gasteiger charge is 2.49. The number of fused-ring (bicyclic) bond motifs is 3. The third-order valence-electron chi connectivity index (χ3n) is 4.69. The quantitative estimate of drug-likeness (QED) is 0.453. The molecular weight excluding hydrogens is 364 g/mol. The van der Waals surface area contributed by atoms with Crippen LogP contribution in [0, 0.1) is 0 Å². The van der Waals surface area contributed by atoms with Crippen molar-refractivity contribution in [3.05, 3.63) is 51.9 Å². The minimum absolute atomic E-state index is 0.230. The first-order valence-electron chi connectivity index (χ1n) is 8.91. The molecule has 0 saturated heterocycles. The number of hydrogen-bond donors (Lipinski definition) is 0. The zero-order chi connectivity index (χ0) is 20.6. The van der Waals surface area contributed by atoms with E-state index in [1.54, 1.807) is 52.0 Å². The van der Waals surface area contributed by atoms with Gasteiger partial charge in [-0.3, -0.25) is 4.79 Å². The number of rotatable bonds is 3.